The molecule has 8 heteroatoms. The average molecular weight is 317 g/mol. The number of rotatable bonds is 5. The molecular weight excluding hydrogens is 308 g/mol. The number of amides is 1. The second-order valence-corrected chi connectivity index (χ2v) is 6.12. The van der Waals surface area contributed by atoms with Gasteiger partial charge < -0.3 is 10.5 Å². The number of halogens is 1. The molecule has 2 N–H and O–H groups in total. The van der Waals surface area contributed by atoms with Crippen molar-refractivity contribution < 1.29 is 14.3 Å². The lowest BCUT2D eigenvalue weighted by Gasteiger charge is -1.99. The van der Waals surface area contributed by atoms with Crippen LogP contribution in [0.2, 0.25) is 4.34 Å². The normalized spacial score (nSPS) is 10.4. The molecule has 0 saturated heterocycles. The summed E-state index contributed by atoms with van der Waals surface area (Å²) in [7, 11) is 0. The fourth-order valence-electron chi connectivity index (χ4n) is 1.28. The van der Waals surface area contributed by atoms with E-state index in [-0.39, 0.29) is 6.42 Å². The van der Waals surface area contributed by atoms with Crippen molar-refractivity contribution in [3.05, 3.63) is 27.5 Å². The highest BCUT2D eigenvalue weighted by Crippen LogP contribution is 2.32. The molecule has 5 nitrogen and oxygen atoms in total. The van der Waals surface area contributed by atoms with Gasteiger partial charge in [0.15, 0.2) is 6.61 Å². The molecule has 0 aliphatic carbocycles. The van der Waals surface area contributed by atoms with E-state index in [0.717, 1.165) is 9.88 Å². The van der Waals surface area contributed by atoms with E-state index in [4.69, 9.17) is 17.3 Å². The van der Waals surface area contributed by atoms with E-state index in [0.29, 0.717) is 10.0 Å². The zero-order valence-corrected chi connectivity index (χ0v) is 12.0. The Morgan fingerprint density at radius 2 is 2.21 bits per heavy atom. The lowest BCUT2D eigenvalue weighted by Crippen LogP contribution is -2.21. The van der Waals surface area contributed by atoms with Crippen LogP contribution in [-0.2, 0) is 20.7 Å². The molecule has 0 radical (unpaired) electrons. The summed E-state index contributed by atoms with van der Waals surface area (Å²) >= 11 is 8.70. The molecule has 2 aromatic rings. The zero-order chi connectivity index (χ0) is 13.8. The third kappa shape index (κ3) is 4.02. The maximum absolute atomic E-state index is 11.4. The summed E-state index contributed by atoms with van der Waals surface area (Å²) in [6.45, 7) is -0.406. The van der Waals surface area contributed by atoms with Gasteiger partial charge in [0, 0.05) is 5.38 Å². The smallest absolute Gasteiger partial charge is 0.312 e. The zero-order valence-electron chi connectivity index (χ0n) is 9.59. The second-order valence-electron chi connectivity index (χ2n) is 3.55. The predicted octanol–water partition coefficient (Wildman–Crippen LogP) is 2.10. The summed E-state index contributed by atoms with van der Waals surface area (Å²) in [6.07, 6.45) is 0.0168. The highest BCUT2D eigenvalue weighted by Gasteiger charge is 2.12. The molecule has 0 bridgehead atoms. The van der Waals surface area contributed by atoms with Crippen molar-refractivity contribution in [2.24, 2.45) is 5.73 Å². The molecule has 0 aromatic carbocycles. The highest BCUT2D eigenvalue weighted by molar-refractivity contribution is 7.23. The Morgan fingerprint density at radius 1 is 1.42 bits per heavy atom. The van der Waals surface area contributed by atoms with Crippen LogP contribution in [0.3, 0.4) is 0 Å². The lowest BCUT2D eigenvalue weighted by molar-refractivity contribution is -0.147. The number of carbonyl (C=O) groups excluding carboxylic acids is 2. The predicted molar refractivity (Wildman–Crippen MR) is 74.3 cm³/mol. The van der Waals surface area contributed by atoms with Gasteiger partial charge in [0.1, 0.15) is 5.01 Å². The second kappa shape index (κ2) is 6.14. The standard InChI is InChI=1S/C11H9ClN2O3S2/c12-8-2-1-7(19-8)11-14-6(5-18-11)3-10(16)17-4-9(13)15/h1-2,5H,3-4H2,(H2,13,15). The number of nitrogens with two attached hydrogens (primary N) is 1. The Bertz CT molecular complexity index is 609. The minimum absolute atomic E-state index is 0.0168. The van der Waals surface area contributed by atoms with Crippen molar-refractivity contribution in [2.75, 3.05) is 6.61 Å². The number of esters is 1. The largest absolute Gasteiger partial charge is 0.455 e. The minimum atomic E-state index is -0.680. The van der Waals surface area contributed by atoms with Gasteiger partial charge in [0.05, 0.1) is 21.3 Å². The lowest BCUT2D eigenvalue weighted by atomic mass is 10.3. The van der Waals surface area contributed by atoms with E-state index >= 15 is 0 Å². The number of aromatic nitrogens is 1. The van der Waals surface area contributed by atoms with E-state index in [1.54, 1.807) is 11.4 Å². The van der Waals surface area contributed by atoms with Gasteiger partial charge in [-0.25, -0.2) is 4.98 Å². The average Bonchev–Trinajstić information content (AvgIpc) is 2.95. The highest BCUT2D eigenvalue weighted by atomic mass is 35.5. The number of ether oxygens (including phenoxy) is 1. The van der Waals surface area contributed by atoms with Crippen molar-refractivity contribution >= 4 is 46.2 Å². The van der Waals surface area contributed by atoms with Gasteiger partial charge in [-0.15, -0.1) is 22.7 Å². The minimum Gasteiger partial charge on any atom is -0.455 e. The molecule has 0 fully saturated rings. The van der Waals surface area contributed by atoms with Crippen LogP contribution in [0.25, 0.3) is 9.88 Å². The van der Waals surface area contributed by atoms with E-state index in [1.165, 1.54) is 22.7 Å². The molecule has 0 aliphatic rings. The van der Waals surface area contributed by atoms with Crippen molar-refractivity contribution in [3.63, 3.8) is 0 Å². The number of primary amides is 1. The number of thiophene rings is 1. The first-order valence-corrected chi connectivity index (χ1v) is 7.26. The maximum atomic E-state index is 11.4. The van der Waals surface area contributed by atoms with Gasteiger partial charge >= 0.3 is 5.97 Å². The Kier molecular flexibility index (Phi) is 4.52. The van der Waals surface area contributed by atoms with Crippen molar-refractivity contribution in [1.82, 2.24) is 4.98 Å². The topological polar surface area (TPSA) is 82.3 Å². The van der Waals surface area contributed by atoms with Gasteiger partial charge in [-0.1, -0.05) is 11.6 Å². The van der Waals surface area contributed by atoms with Crippen LogP contribution in [-0.4, -0.2) is 23.5 Å². The van der Waals surface area contributed by atoms with Gasteiger partial charge in [-0.2, -0.15) is 0 Å². The Morgan fingerprint density at radius 3 is 2.84 bits per heavy atom. The van der Waals surface area contributed by atoms with Gasteiger partial charge in [0.25, 0.3) is 5.91 Å². The van der Waals surface area contributed by atoms with E-state index in [2.05, 4.69) is 9.72 Å². The SMILES string of the molecule is NC(=O)COC(=O)Cc1csc(-c2ccc(Cl)s2)n1. The first-order chi connectivity index (χ1) is 9.04. The van der Waals surface area contributed by atoms with Crippen LogP contribution in [0, 0.1) is 0 Å². The molecule has 100 valence electrons. The van der Waals surface area contributed by atoms with Crippen LogP contribution in [0.4, 0.5) is 0 Å². The molecule has 0 atom stereocenters. The summed E-state index contributed by atoms with van der Waals surface area (Å²) in [5.74, 6) is -1.21. The van der Waals surface area contributed by atoms with Crippen LogP contribution in [0.15, 0.2) is 17.5 Å². The van der Waals surface area contributed by atoms with Crippen molar-refractivity contribution in [3.8, 4) is 9.88 Å². The molecule has 0 saturated carbocycles. The molecule has 2 aromatic heterocycles. The molecule has 19 heavy (non-hydrogen) atoms. The number of carbonyl (C=O) groups is 2. The first kappa shape index (κ1) is 14.0. The first-order valence-electron chi connectivity index (χ1n) is 5.18. The van der Waals surface area contributed by atoms with Crippen molar-refractivity contribution in [2.45, 2.75) is 6.42 Å². The Hall–Kier alpha value is -1.44. The fourth-order valence-corrected chi connectivity index (χ4v) is 3.22. The van der Waals surface area contributed by atoms with Crippen LogP contribution < -0.4 is 5.73 Å². The number of nitrogens with zero attached hydrogens (tertiary/aromatic N) is 1. The van der Waals surface area contributed by atoms with E-state index in [9.17, 15) is 9.59 Å². The van der Waals surface area contributed by atoms with Crippen LogP contribution in [0.1, 0.15) is 5.69 Å². The summed E-state index contributed by atoms with van der Waals surface area (Å²) in [4.78, 5) is 27.1. The Balaban J connectivity index is 1.97. The van der Waals surface area contributed by atoms with Crippen molar-refractivity contribution in [1.29, 1.82) is 0 Å². The maximum Gasteiger partial charge on any atom is 0.312 e. The molecule has 0 aliphatic heterocycles. The molecule has 2 rings (SSSR count). The van der Waals surface area contributed by atoms with Crippen LogP contribution in [0.5, 0.6) is 0 Å². The molecule has 0 unspecified atom stereocenters. The van der Waals surface area contributed by atoms with Crippen LogP contribution >= 0.6 is 34.3 Å². The molecule has 1 amide bonds. The number of thiazole rings is 1. The summed E-state index contributed by atoms with van der Waals surface area (Å²) in [5, 5.41) is 2.57. The molecular formula is C11H9ClN2O3S2. The number of hydrogen-bond acceptors (Lipinski definition) is 6. The quantitative estimate of drug-likeness (QED) is 0.856. The van der Waals surface area contributed by atoms with E-state index in [1.807, 2.05) is 6.07 Å². The number of hydrogen-bond donors (Lipinski definition) is 1. The molecule has 2 heterocycles. The third-order valence-electron chi connectivity index (χ3n) is 2.04. The molecule has 0 spiro atoms. The summed E-state index contributed by atoms with van der Waals surface area (Å²) in [6, 6.07) is 3.67. The summed E-state index contributed by atoms with van der Waals surface area (Å²) < 4.78 is 5.35. The van der Waals surface area contributed by atoms with Gasteiger partial charge in [0.2, 0.25) is 0 Å². The van der Waals surface area contributed by atoms with Gasteiger partial charge in [-0.3, -0.25) is 9.59 Å². The van der Waals surface area contributed by atoms with Gasteiger partial charge in [-0.05, 0) is 12.1 Å². The Labute approximate surface area is 122 Å². The third-order valence-corrected chi connectivity index (χ3v) is 4.33. The monoisotopic (exact) mass is 316 g/mol. The fraction of sp³-hybridized carbons (Fsp3) is 0.182. The van der Waals surface area contributed by atoms with E-state index < -0.39 is 18.5 Å². The summed E-state index contributed by atoms with van der Waals surface area (Å²) in [5.41, 5.74) is 5.47.